The molecule has 1 aromatic carbocycles. The van der Waals surface area contributed by atoms with Crippen LogP contribution in [0.2, 0.25) is 0 Å². The summed E-state index contributed by atoms with van der Waals surface area (Å²) in [7, 11) is 0. The highest BCUT2D eigenvalue weighted by atomic mass is 16.6. The monoisotopic (exact) mass is 319 g/mol. The van der Waals surface area contributed by atoms with Crippen LogP contribution in [-0.2, 0) is 20.7 Å². The molecule has 0 bridgehead atoms. The van der Waals surface area contributed by atoms with Crippen LogP contribution in [0.3, 0.4) is 0 Å². The fourth-order valence-corrected chi connectivity index (χ4v) is 2.39. The zero-order valence-electron chi connectivity index (χ0n) is 14.3. The van der Waals surface area contributed by atoms with Crippen molar-refractivity contribution in [1.82, 2.24) is 0 Å². The lowest BCUT2D eigenvalue weighted by molar-refractivity contribution is -0.143. The van der Waals surface area contributed by atoms with E-state index in [0.29, 0.717) is 12.0 Å². The van der Waals surface area contributed by atoms with Gasteiger partial charge in [0, 0.05) is 12.6 Å². The molecule has 0 aliphatic carbocycles. The molecule has 5 nitrogen and oxygen atoms in total. The molecule has 0 spiro atoms. The van der Waals surface area contributed by atoms with Gasteiger partial charge in [-0.3, -0.25) is 9.69 Å². The second-order valence-corrected chi connectivity index (χ2v) is 7.15. The molecule has 5 heteroatoms. The Morgan fingerprint density at radius 1 is 1.30 bits per heavy atom. The smallest absolute Gasteiger partial charge is 0.414 e. The Balaban J connectivity index is 1.94. The maximum absolute atomic E-state index is 11.9. The van der Waals surface area contributed by atoms with E-state index in [9.17, 15) is 9.59 Å². The molecule has 0 saturated carbocycles. The Kier molecular flexibility index (Phi) is 5.29. The first-order chi connectivity index (χ1) is 10.7. The third kappa shape index (κ3) is 5.27. The van der Waals surface area contributed by atoms with E-state index >= 15 is 0 Å². The van der Waals surface area contributed by atoms with Gasteiger partial charge in [0.25, 0.3) is 0 Å². The van der Waals surface area contributed by atoms with Crippen LogP contribution in [-0.4, -0.2) is 31.3 Å². The third-order valence-corrected chi connectivity index (χ3v) is 3.76. The van der Waals surface area contributed by atoms with Crippen molar-refractivity contribution in [3.8, 4) is 0 Å². The topological polar surface area (TPSA) is 55.8 Å². The number of aryl methyl sites for hydroxylation is 1. The fraction of sp³-hybridized carbons (Fsp3) is 0.556. The molecule has 1 aromatic rings. The molecule has 0 radical (unpaired) electrons. The number of hydrogen-bond acceptors (Lipinski definition) is 4. The van der Waals surface area contributed by atoms with Crippen LogP contribution in [0, 0.1) is 5.41 Å². The highest BCUT2D eigenvalue weighted by Crippen LogP contribution is 2.25. The average molecular weight is 319 g/mol. The van der Waals surface area contributed by atoms with E-state index in [1.807, 2.05) is 24.3 Å². The maximum atomic E-state index is 11.9. The predicted molar refractivity (Wildman–Crippen MR) is 88.5 cm³/mol. The number of esters is 1. The van der Waals surface area contributed by atoms with Gasteiger partial charge < -0.3 is 9.47 Å². The standard InChI is InChI=1S/C18H25NO4/c1-13(20)22-12-16-11-19(17(21)23-16)15-7-5-14(6-8-15)9-10-18(2,3)4/h5-8,16H,9-12H2,1-4H3/t16-/m1/s1. The minimum Gasteiger partial charge on any atom is -0.462 e. The fourth-order valence-electron chi connectivity index (χ4n) is 2.39. The molecule has 1 heterocycles. The average Bonchev–Trinajstić information content (AvgIpc) is 2.84. The van der Waals surface area contributed by atoms with Gasteiger partial charge in [0.2, 0.25) is 0 Å². The van der Waals surface area contributed by atoms with Crippen molar-refractivity contribution in [2.75, 3.05) is 18.1 Å². The van der Waals surface area contributed by atoms with Crippen molar-refractivity contribution in [1.29, 1.82) is 0 Å². The van der Waals surface area contributed by atoms with E-state index < -0.39 is 12.2 Å². The lowest BCUT2D eigenvalue weighted by atomic mass is 9.89. The van der Waals surface area contributed by atoms with E-state index in [0.717, 1.165) is 18.5 Å². The number of hydrogen-bond donors (Lipinski definition) is 0. The van der Waals surface area contributed by atoms with Gasteiger partial charge in [0.15, 0.2) is 6.10 Å². The van der Waals surface area contributed by atoms with Crippen molar-refractivity contribution >= 4 is 17.7 Å². The minimum atomic E-state index is -0.410. The number of benzene rings is 1. The van der Waals surface area contributed by atoms with Crippen LogP contribution in [0.4, 0.5) is 10.5 Å². The molecule has 1 amide bonds. The molecule has 1 aliphatic rings. The molecule has 126 valence electrons. The summed E-state index contributed by atoms with van der Waals surface area (Å²) in [5.41, 5.74) is 2.37. The molecular weight excluding hydrogens is 294 g/mol. The second kappa shape index (κ2) is 7.02. The lowest BCUT2D eigenvalue weighted by Crippen LogP contribution is -2.26. The predicted octanol–water partition coefficient (Wildman–Crippen LogP) is 3.55. The van der Waals surface area contributed by atoms with Gasteiger partial charge in [-0.15, -0.1) is 0 Å². The first-order valence-corrected chi connectivity index (χ1v) is 7.95. The number of amides is 1. The van der Waals surface area contributed by atoms with Crippen LogP contribution < -0.4 is 4.90 Å². The summed E-state index contributed by atoms with van der Waals surface area (Å²) in [4.78, 5) is 24.3. The van der Waals surface area contributed by atoms with Crippen LogP contribution in [0.25, 0.3) is 0 Å². The van der Waals surface area contributed by atoms with Gasteiger partial charge in [-0.1, -0.05) is 32.9 Å². The van der Waals surface area contributed by atoms with E-state index in [2.05, 4.69) is 20.8 Å². The summed E-state index contributed by atoms with van der Waals surface area (Å²) in [6.45, 7) is 8.51. The van der Waals surface area contributed by atoms with Crippen LogP contribution >= 0.6 is 0 Å². The molecule has 1 saturated heterocycles. The Bertz CT molecular complexity index is 559. The van der Waals surface area contributed by atoms with Crippen molar-refractivity contribution < 1.29 is 19.1 Å². The van der Waals surface area contributed by atoms with Gasteiger partial charge in [-0.25, -0.2) is 4.79 Å². The molecule has 2 rings (SSSR count). The highest BCUT2D eigenvalue weighted by Gasteiger charge is 2.32. The summed E-state index contributed by atoms with van der Waals surface area (Å²) in [6.07, 6.45) is 1.32. The second-order valence-electron chi connectivity index (χ2n) is 7.15. The summed E-state index contributed by atoms with van der Waals surface area (Å²) >= 11 is 0. The maximum Gasteiger partial charge on any atom is 0.414 e. The van der Waals surface area contributed by atoms with Crippen molar-refractivity contribution in [3.63, 3.8) is 0 Å². The molecule has 1 atom stereocenters. The summed E-state index contributed by atoms with van der Waals surface area (Å²) in [5.74, 6) is -0.372. The number of ether oxygens (including phenoxy) is 2. The lowest BCUT2D eigenvalue weighted by Gasteiger charge is -2.18. The summed E-state index contributed by atoms with van der Waals surface area (Å²) in [6, 6.07) is 7.97. The molecule has 23 heavy (non-hydrogen) atoms. The molecule has 1 aliphatic heterocycles. The zero-order valence-corrected chi connectivity index (χ0v) is 14.3. The van der Waals surface area contributed by atoms with Crippen molar-refractivity contribution in [2.24, 2.45) is 5.41 Å². The van der Waals surface area contributed by atoms with Crippen molar-refractivity contribution in [3.05, 3.63) is 29.8 Å². The molecule has 1 fully saturated rings. The SMILES string of the molecule is CC(=O)OC[C@H]1CN(c2ccc(CCC(C)(C)C)cc2)C(=O)O1. The molecule has 0 N–H and O–H groups in total. The first kappa shape index (κ1) is 17.3. The Morgan fingerprint density at radius 2 is 1.96 bits per heavy atom. The number of cyclic esters (lactones) is 1. The third-order valence-electron chi connectivity index (χ3n) is 3.76. The minimum absolute atomic E-state index is 0.0985. The number of rotatable bonds is 5. The van der Waals surface area contributed by atoms with Crippen LogP contribution in [0.15, 0.2) is 24.3 Å². The Hall–Kier alpha value is -2.04. The summed E-state index contributed by atoms with van der Waals surface area (Å²) < 4.78 is 10.1. The number of carbonyl (C=O) groups excluding carboxylic acids is 2. The van der Waals surface area contributed by atoms with Gasteiger partial charge in [-0.05, 0) is 36.0 Å². The number of carbonyl (C=O) groups is 2. The van der Waals surface area contributed by atoms with Crippen LogP contribution in [0.1, 0.15) is 39.7 Å². The van der Waals surface area contributed by atoms with Gasteiger partial charge in [-0.2, -0.15) is 0 Å². The Morgan fingerprint density at radius 3 is 2.52 bits per heavy atom. The zero-order chi connectivity index (χ0) is 17.0. The largest absolute Gasteiger partial charge is 0.462 e. The van der Waals surface area contributed by atoms with Gasteiger partial charge in [0.1, 0.15) is 6.61 Å². The normalized spacial score (nSPS) is 18.0. The number of anilines is 1. The van der Waals surface area contributed by atoms with E-state index in [1.165, 1.54) is 12.5 Å². The Labute approximate surface area is 137 Å². The highest BCUT2D eigenvalue weighted by molar-refractivity contribution is 5.89. The van der Waals surface area contributed by atoms with E-state index in [-0.39, 0.29) is 12.6 Å². The number of nitrogens with zero attached hydrogens (tertiary/aromatic N) is 1. The first-order valence-electron chi connectivity index (χ1n) is 7.95. The van der Waals surface area contributed by atoms with Crippen LogP contribution in [0.5, 0.6) is 0 Å². The van der Waals surface area contributed by atoms with Gasteiger partial charge in [0.05, 0.1) is 6.54 Å². The van der Waals surface area contributed by atoms with E-state index in [4.69, 9.17) is 9.47 Å². The van der Waals surface area contributed by atoms with E-state index in [1.54, 1.807) is 4.90 Å². The molecule has 0 unspecified atom stereocenters. The summed E-state index contributed by atoms with van der Waals surface area (Å²) in [5, 5.41) is 0. The van der Waals surface area contributed by atoms with Crippen molar-refractivity contribution in [2.45, 2.75) is 46.6 Å². The molecule has 0 aromatic heterocycles. The molecular formula is C18H25NO4. The quantitative estimate of drug-likeness (QED) is 0.779. The van der Waals surface area contributed by atoms with Gasteiger partial charge >= 0.3 is 12.1 Å².